The van der Waals surface area contributed by atoms with Crippen molar-refractivity contribution in [3.05, 3.63) is 65.5 Å². The number of carbonyl (C=O) groups excluding carboxylic acids is 2. The molecule has 1 aliphatic heterocycles. The first-order chi connectivity index (χ1) is 13.2. The van der Waals surface area contributed by atoms with Gasteiger partial charge in [-0.15, -0.1) is 0 Å². The van der Waals surface area contributed by atoms with E-state index in [9.17, 15) is 9.59 Å². The first-order valence-corrected chi connectivity index (χ1v) is 9.08. The van der Waals surface area contributed by atoms with Crippen molar-refractivity contribution < 1.29 is 14.3 Å². The second-order valence-electron chi connectivity index (χ2n) is 6.33. The Morgan fingerprint density at radius 3 is 2.15 bits per heavy atom. The third-order valence-electron chi connectivity index (χ3n) is 4.43. The number of nitrogens with zero attached hydrogens (tertiary/aromatic N) is 2. The van der Waals surface area contributed by atoms with Crippen LogP contribution in [0.25, 0.3) is 0 Å². The fourth-order valence-corrected chi connectivity index (χ4v) is 2.81. The van der Waals surface area contributed by atoms with E-state index in [1.165, 1.54) is 0 Å². The molecule has 7 heteroatoms. The van der Waals surface area contributed by atoms with Crippen LogP contribution in [0.15, 0.2) is 48.8 Å². The van der Waals surface area contributed by atoms with E-state index >= 15 is 0 Å². The molecule has 0 saturated carbocycles. The van der Waals surface area contributed by atoms with Crippen LogP contribution in [0.3, 0.4) is 0 Å². The molecule has 0 aliphatic carbocycles. The normalized spacial score (nSPS) is 14.5. The van der Waals surface area contributed by atoms with Crippen LogP contribution in [-0.2, 0) is 11.3 Å². The molecule has 1 aliphatic rings. The Morgan fingerprint density at radius 2 is 1.52 bits per heavy atom. The molecule has 0 atom stereocenters. The summed E-state index contributed by atoms with van der Waals surface area (Å²) in [6.07, 6.45) is 3.38. The second kappa shape index (κ2) is 9.80. The van der Waals surface area contributed by atoms with Crippen molar-refractivity contribution in [2.75, 3.05) is 39.4 Å². The van der Waals surface area contributed by atoms with Gasteiger partial charge in [0.25, 0.3) is 11.8 Å². The molecule has 0 radical (unpaired) electrons. The zero-order valence-electron chi connectivity index (χ0n) is 15.2. The molecule has 0 bridgehead atoms. The number of aromatic nitrogens is 1. The number of rotatable bonds is 7. The number of pyridine rings is 1. The number of ether oxygens (including phenoxy) is 1. The number of carbonyl (C=O) groups is 2. The maximum absolute atomic E-state index is 12.2. The number of morpholine rings is 1. The Morgan fingerprint density at radius 1 is 0.926 bits per heavy atom. The van der Waals surface area contributed by atoms with Gasteiger partial charge in [0, 0.05) is 56.2 Å². The van der Waals surface area contributed by atoms with Crippen molar-refractivity contribution in [1.29, 1.82) is 0 Å². The Balaban J connectivity index is 1.44. The molecule has 3 rings (SSSR count). The van der Waals surface area contributed by atoms with Gasteiger partial charge in [-0.1, -0.05) is 0 Å². The molecule has 1 aromatic carbocycles. The Labute approximate surface area is 158 Å². The zero-order valence-corrected chi connectivity index (χ0v) is 15.2. The van der Waals surface area contributed by atoms with E-state index in [-0.39, 0.29) is 11.8 Å². The van der Waals surface area contributed by atoms with Crippen LogP contribution in [0.2, 0.25) is 0 Å². The average molecular weight is 368 g/mol. The van der Waals surface area contributed by atoms with E-state index in [0.717, 1.165) is 38.4 Å². The molecule has 27 heavy (non-hydrogen) atoms. The van der Waals surface area contributed by atoms with Crippen molar-refractivity contribution in [3.8, 4) is 0 Å². The monoisotopic (exact) mass is 368 g/mol. The molecule has 0 spiro atoms. The topological polar surface area (TPSA) is 83.6 Å². The second-order valence-corrected chi connectivity index (χ2v) is 6.33. The smallest absolute Gasteiger partial charge is 0.251 e. The third-order valence-corrected chi connectivity index (χ3v) is 4.43. The minimum absolute atomic E-state index is 0.132. The first-order valence-electron chi connectivity index (χ1n) is 9.08. The van der Waals surface area contributed by atoms with E-state index in [0.29, 0.717) is 24.2 Å². The lowest BCUT2D eigenvalue weighted by Crippen LogP contribution is -2.41. The van der Waals surface area contributed by atoms with Crippen LogP contribution < -0.4 is 10.6 Å². The summed E-state index contributed by atoms with van der Waals surface area (Å²) in [7, 11) is 0. The van der Waals surface area contributed by atoms with Gasteiger partial charge in [0.15, 0.2) is 0 Å². The lowest BCUT2D eigenvalue weighted by molar-refractivity contribution is 0.0383. The number of hydrogen-bond donors (Lipinski definition) is 2. The number of hydrogen-bond acceptors (Lipinski definition) is 5. The standard InChI is InChI=1S/C20H24N4O3/c25-19(22-9-10-24-11-13-27-14-12-24)17-1-3-18(4-2-17)20(26)23-15-16-5-7-21-8-6-16/h1-8H,9-15H2,(H,22,25)(H,23,26). The summed E-state index contributed by atoms with van der Waals surface area (Å²) in [6, 6.07) is 10.4. The summed E-state index contributed by atoms with van der Waals surface area (Å²) >= 11 is 0. The Hall–Kier alpha value is -2.77. The Kier molecular flexibility index (Phi) is 6.90. The summed E-state index contributed by atoms with van der Waals surface area (Å²) in [4.78, 5) is 30.6. The molecule has 1 aromatic heterocycles. The predicted octanol–water partition coefficient (Wildman–Crippen LogP) is 1.07. The summed E-state index contributed by atoms with van der Waals surface area (Å²) in [5, 5.41) is 5.77. The van der Waals surface area contributed by atoms with Gasteiger partial charge >= 0.3 is 0 Å². The first kappa shape index (κ1) is 19.0. The largest absolute Gasteiger partial charge is 0.379 e. The van der Waals surface area contributed by atoms with Crippen LogP contribution in [0.4, 0.5) is 0 Å². The number of benzene rings is 1. The highest BCUT2D eigenvalue weighted by atomic mass is 16.5. The van der Waals surface area contributed by atoms with E-state index in [1.54, 1.807) is 36.7 Å². The molecule has 1 saturated heterocycles. The van der Waals surface area contributed by atoms with Crippen LogP contribution in [0.5, 0.6) is 0 Å². The molecule has 0 unspecified atom stereocenters. The van der Waals surface area contributed by atoms with Gasteiger partial charge in [-0.3, -0.25) is 19.5 Å². The number of amides is 2. The van der Waals surface area contributed by atoms with E-state index in [4.69, 9.17) is 4.74 Å². The maximum atomic E-state index is 12.2. The predicted molar refractivity (Wildman–Crippen MR) is 101 cm³/mol. The van der Waals surface area contributed by atoms with Crippen LogP contribution >= 0.6 is 0 Å². The third kappa shape index (κ3) is 5.87. The summed E-state index contributed by atoms with van der Waals surface area (Å²) < 4.78 is 5.30. The van der Waals surface area contributed by atoms with Gasteiger partial charge in [-0.05, 0) is 42.0 Å². The van der Waals surface area contributed by atoms with Crippen molar-refractivity contribution in [2.24, 2.45) is 0 Å². The average Bonchev–Trinajstić information content (AvgIpc) is 2.73. The van der Waals surface area contributed by atoms with E-state index < -0.39 is 0 Å². The van der Waals surface area contributed by atoms with Crippen molar-refractivity contribution in [1.82, 2.24) is 20.5 Å². The highest BCUT2D eigenvalue weighted by molar-refractivity contribution is 5.97. The van der Waals surface area contributed by atoms with Crippen molar-refractivity contribution >= 4 is 11.8 Å². The fourth-order valence-electron chi connectivity index (χ4n) is 2.81. The van der Waals surface area contributed by atoms with Gasteiger partial charge in [-0.25, -0.2) is 0 Å². The molecular weight excluding hydrogens is 344 g/mol. The van der Waals surface area contributed by atoms with Crippen molar-refractivity contribution in [3.63, 3.8) is 0 Å². The molecule has 142 valence electrons. The molecule has 1 fully saturated rings. The molecule has 2 amide bonds. The number of nitrogens with one attached hydrogen (secondary N) is 2. The SMILES string of the molecule is O=C(NCCN1CCOCC1)c1ccc(C(=O)NCc2ccncc2)cc1. The van der Waals surface area contributed by atoms with Crippen LogP contribution in [-0.4, -0.2) is 61.1 Å². The summed E-state index contributed by atoms with van der Waals surface area (Å²) in [5.41, 5.74) is 2.05. The maximum Gasteiger partial charge on any atom is 0.251 e. The van der Waals surface area contributed by atoms with Crippen LogP contribution in [0.1, 0.15) is 26.3 Å². The molecule has 2 heterocycles. The van der Waals surface area contributed by atoms with Gasteiger partial charge in [0.2, 0.25) is 0 Å². The lowest BCUT2D eigenvalue weighted by Gasteiger charge is -2.26. The minimum atomic E-state index is -0.175. The Bertz CT molecular complexity index is 744. The minimum Gasteiger partial charge on any atom is -0.379 e. The zero-order chi connectivity index (χ0) is 18.9. The molecule has 7 nitrogen and oxygen atoms in total. The highest BCUT2D eigenvalue weighted by Crippen LogP contribution is 2.05. The van der Waals surface area contributed by atoms with Gasteiger partial charge < -0.3 is 15.4 Å². The van der Waals surface area contributed by atoms with Crippen LogP contribution in [0, 0.1) is 0 Å². The van der Waals surface area contributed by atoms with Gasteiger partial charge in [-0.2, -0.15) is 0 Å². The van der Waals surface area contributed by atoms with E-state index in [2.05, 4.69) is 20.5 Å². The quantitative estimate of drug-likeness (QED) is 0.764. The molecule has 2 aromatic rings. The summed E-state index contributed by atoms with van der Waals surface area (Å²) in [6.45, 7) is 5.14. The summed E-state index contributed by atoms with van der Waals surface area (Å²) in [5.74, 6) is -0.307. The fraction of sp³-hybridized carbons (Fsp3) is 0.350. The van der Waals surface area contributed by atoms with E-state index in [1.807, 2.05) is 12.1 Å². The lowest BCUT2D eigenvalue weighted by atomic mass is 10.1. The van der Waals surface area contributed by atoms with Crippen molar-refractivity contribution in [2.45, 2.75) is 6.54 Å². The van der Waals surface area contributed by atoms with Gasteiger partial charge in [0.1, 0.15) is 0 Å². The molecular formula is C20H24N4O3. The molecule has 2 N–H and O–H groups in total. The van der Waals surface area contributed by atoms with Gasteiger partial charge in [0.05, 0.1) is 13.2 Å². The highest BCUT2D eigenvalue weighted by Gasteiger charge is 2.12.